The summed E-state index contributed by atoms with van der Waals surface area (Å²) in [7, 11) is 0. The zero-order valence-corrected chi connectivity index (χ0v) is 43.8. The number of rotatable bonds is 53. The van der Waals surface area contributed by atoms with Crippen LogP contribution in [-0.2, 0) is 28.6 Å². The molecule has 0 rings (SSSR count). The lowest BCUT2D eigenvalue weighted by molar-refractivity contribution is -0.167. The molecule has 0 saturated heterocycles. The van der Waals surface area contributed by atoms with Crippen LogP contribution in [-0.4, -0.2) is 37.2 Å². The fraction of sp³-hybridized carbons (Fsp3) is 0.948. The first kappa shape index (κ1) is 62.4. The van der Waals surface area contributed by atoms with E-state index >= 15 is 0 Å². The van der Waals surface area contributed by atoms with Crippen LogP contribution in [0, 0.1) is 5.92 Å². The maximum Gasteiger partial charge on any atom is 0.306 e. The average molecular weight is 906 g/mol. The highest BCUT2D eigenvalue weighted by atomic mass is 16.6. The molecule has 0 aliphatic heterocycles. The van der Waals surface area contributed by atoms with Gasteiger partial charge in [0.15, 0.2) is 6.10 Å². The van der Waals surface area contributed by atoms with Gasteiger partial charge in [0.2, 0.25) is 0 Å². The minimum atomic E-state index is -0.762. The zero-order chi connectivity index (χ0) is 46.7. The van der Waals surface area contributed by atoms with Gasteiger partial charge in [0.05, 0.1) is 0 Å². The SMILES string of the molecule is CCCCCCCCCCCCCCCCCCCC(=O)OC[C@@H](COC(=O)CCCCCCCCCCCC(C)C)OC(=O)CCCCCCCCCCCCCCCCCCC. The van der Waals surface area contributed by atoms with Crippen molar-refractivity contribution in [2.24, 2.45) is 5.92 Å². The number of hydrogen-bond donors (Lipinski definition) is 0. The number of carbonyl (C=O) groups excluding carboxylic acids is 3. The number of carbonyl (C=O) groups is 3. The number of esters is 3. The van der Waals surface area contributed by atoms with Gasteiger partial charge in [-0.25, -0.2) is 0 Å². The third-order valence-electron chi connectivity index (χ3n) is 13.3. The van der Waals surface area contributed by atoms with Crippen LogP contribution in [0.2, 0.25) is 0 Å². The Morgan fingerprint density at radius 1 is 0.297 bits per heavy atom. The van der Waals surface area contributed by atoms with Crippen molar-refractivity contribution >= 4 is 17.9 Å². The Morgan fingerprint density at radius 3 is 0.766 bits per heavy atom. The van der Waals surface area contributed by atoms with Crippen LogP contribution < -0.4 is 0 Å². The van der Waals surface area contributed by atoms with Gasteiger partial charge in [-0.3, -0.25) is 14.4 Å². The van der Waals surface area contributed by atoms with Crippen molar-refractivity contribution in [3.63, 3.8) is 0 Å². The Hall–Kier alpha value is -1.59. The molecule has 6 heteroatoms. The molecule has 0 amide bonds. The summed E-state index contributed by atoms with van der Waals surface area (Å²) in [6.45, 7) is 9.04. The summed E-state index contributed by atoms with van der Waals surface area (Å²) in [5, 5.41) is 0. The molecule has 0 saturated carbocycles. The maximum absolute atomic E-state index is 12.8. The van der Waals surface area contributed by atoms with Gasteiger partial charge in [-0.05, 0) is 25.2 Å². The quantitative estimate of drug-likeness (QED) is 0.0344. The summed E-state index contributed by atoms with van der Waals surface area (Å²) in [5.41, 5.74) is 0. The van der Waals surface area contributed by atoms with E-state index in [1.165, 1.54) is 225 Å². The summed E-state index contributed by atoms with van der Waals surface area (Å²) in [5.74, 6) is -0.0287. The standard InChI is InChI=1S/C58H112O6/c1-5-7-9-11-13-15-17-19-21-23-25-27-29-33-37-41-45-49-56(59)62-52-55(53-63-57(60)50-46-42-38-35-31-32-36-40-44-48-54(3)4)64-58(61)51-47-43-39-34-30-28-26-24-22-20-18-16-14-12-10-8-6-2/h54-55H,5-53H2,1-4H3/t55-/m0/s1. The van der Waals surface area contributed by atoms with Crippen molar-refractivity contribution in [3.05, 3.63) is 0 Å². The van der Waals surface area contributed by atoms with Crippen molar-refractivity contribution < 1.29 is 28.6 Å². The monoisotopic (exact) mass is 905 g/mol. The van der Waals surface area contributed by atoms with Gasteiger partial charge in [0.1, 0.15) is 13.2 Å². The Balaban J connectivity index is 4.28. The normalized spacial score (nSPS) is 12.0. The second-order valence-corrected chi connectivity index (χ2v) is 20.4. The largest absolute Gasteiger partial charge is 0.462 e. The number of unbranched alkanes of at least 4 members (excludes halogenated alkanes) is 40. The number of hydrogen-bond acceptors (Lipinski definition) is 6. The minimum absolute atomic E-state index is 0.0622. The van der Waals surface area contributed by atoms with Crippen LogP contribution >= 0.6 is 0 Å². The molecule has 0 aromatic carbocycles. The fourth-order valence-electron chi connectivity index (χ4n) is 8.92. The molecule has 0 radical (unpaired) electrons. The molecule has 380 valence electrons. The van der Waals surface area contributed by atoms with Crippen LogP contribution in [0.4, 0.5) is 0 Å². The van der Waals surface area contributed by atoms with Crippen molar-refractivity contribution in [1.29, 1.82) is 0 Å². The zero-order valence-electron chi connectivity index (χ0n) is 43.8. The van der Waals surface area contributed by atoms with Gasteiger partial charge < -0.3 is 14.2 Å². The van der Waals surface area contributed by atoms with Gasteiger partial charge in [0.25, 0.3) is 0 Å². The first-order valence-electron chi connectivity index (χ1n) is 28.9. The van der Waals surface area contributed by atoms with Crippen molar-refractivity contribution in [2.45, 2.75) is 336 Å². The molecule has 0 bridgehead atoms. The highest BCUT2D eigenvalue weighted by Gasteiger charge is 2.19. The molecular formula is C58H112O6. The van der Waals surface area contributed by atoms with Gasteiger partial charge in [0, 0.05) is 19.3 Å². The molecule has 0 N–H and O–H groups in total. The molecule has 0 unspecified atom stereocenters. The lowest BCUT2D eigenvalue weighted by Crippen LogP contribution is -2.30. The molecular weight excluding hydrogens is 793 g/mol. The minimum Gasteiger partial charge on any atom is -0.462 e. The van der Waals surface area contributed by atoms with Crippen LogP contribution in [0.5, 0.6) is 0 Å². The predicted octanol–water partition coefficient (Wildman–Crippen LogP) is 19.0. The number of ether oxygens (including phenoxy) is 3. The van der Waals surface area contributed by atoms with E-state index in [2.05, 4.69) is 27.7 Å². The van der Waals surface area contributed by atoms with Crippen molar-refractivity contribution in [3.8, 4) is 0 Å². The summed E-state index contributed by atoms with van der Waals surface area (Å²) in [6.07, 6.45) is 56.7. The highest BCUT2D eigenvalue weighted by Crippen LogP contribution is 2.18. The summed E-state index contributed by atoms with van der Waals surface area (Å²) in [4.78, 5) is 38.1. The molecule has 0 heterocycles. The predicted molar refractivity (Wildman–Crippen MR) is 275 cm³/mol. The van der Waals surface area contributed by atoms with E-state index in [1.54, 1.807) is 0 Å². The summed E-state index contributed by atoms with van der Waals surface area (Å²) in [6, 6.07) is 0. The van der Waals surface area contributed by atoms with E-state index in [1.807, 2.05) is 0 Å². The highest BCUT2D eigenvalue weighted by molar-refractivity contribution is 5.71. The van der Waals surface area contributed by atoms with E-state index in [9.17, 15) is 14.4 Å². The molecule has 0 aromatic heterocycles. The van der Waals surface area contributed by atoms with Gasteiger partial charge >= 0.3 is 17.9 Å². The Bertz CT molecular complexity index is 964. The molecule has 6 nitrogen and oxygen atoms in total. The Kier molecular flexibility index (Phi) is 51.1. The van der Waals surface area contributed by atoms with Crippen LogP contribution in [0.15, 0.2) is 0 Å². The second-order valence-electron chi connectivity index (χ2n) is 20.4. The topological polar surface area (TPSA) is 78.9 Å². The molecule has 0 aromatic rings. The molecule has 0 aliphatic rings. The van der Waals surface area contributed by atoms with E-state index in [0.717, 1.165) is 63.7 Å². The van der Waals surface area contributed by atoms with Crippen molar-refractivity contribution in [1.82, 2.24) is 0 Å². The maximum atomic E-state index is 12.8. The summed E-state index contributed by atoms with van der Waals surface area (Å²) < 4.78 is 16.9. The first-order chi connectivity index (χ1) is 31.4. The lowest BCUT2D eigenvalue weighted by Gasteiger charge is -2.18. The van der Waals surface area contributed by atoms with E-state index < -0.39 is 6.10 Å². The van der Waals surface area contributed by atoms with Crippen LogP contribution in [0.3, 0.4) is 0 Å². The van der Waals surface area contributed by atoms with Gasteiger partial charge in [-0.1, -0.05) is 291 Å². The van der Waals surface area contributed by atoms with E-state index in [0.29, 0.717) is 19.3 Å². The average Bonchev–Trinajstić information content (AvgIpc) is 3.28. The van der Waals surface area contributed by atoms with Gasteiger partial charge in [-0.2, -0.15) is 0 Å². The molecule has 0 spiro atoms. The van der Waals surface area contributed by atoms with E-state index in [-0.39, 0.29) is 31.1 Å². The summed E-state index contributed by atoms with van der Waals surface area (Å²) >= 11 is 0. The smallest absolute Gasteiger partial charge is 0.306 e. The van der Waals surface area contributed by atoms with Gasteiger partial charge in [-0.15, -0.1) is 0 Å². The Labute approximate surface area is 399 Å². The van der Waals surface area contributed by atoms with Crippen LogP contribution in [0.25, 0.3) is 0 Å². The third kappa shape index (κ3) is 51.4. The fourth-order valence-corrected chi connectivity index (χ4v) is 8.92. The molecule has 0 fully saturated rings. The molecule has 1 atom stereocenters. The molecule has 0 aliphatic carbocycles. The second kappa shape index (κ2) is 52.4. The lowest BCUT2D eigenvalue weighted by atomic mass is 10.0. The van der Waals surface area contributed by atoms with Crippen LogP contribution in [0.1, 0.15) is 329 Å². The Morgan fingerprint density at radius 2 is 0.516 bits per heavy atom. The third-order valence-corrected chi connectivity index (χ3v) is 13.3. The molecule has 64 heavy (non-hydrogen) atoms. The van der Waals surface area contributed by atoms with E-state index in [4.69, 9.17) is 14.2 Å². The first-order valence-corrected chi connectivity index (χ1v) is 28.9. The van der Waals surface area contributed by atoms with Crippen molar-refractivity contribution in [2.75, 3.05) is 13.2 Å².